The van der Waals surface area contributed by atoms with Crippen LogP contribution in [0.4, 0.5) is 10.8 Å². The van der Waals surface area contributed by atoms with Gasteiger partial charge in [-0.1, -0.05) is 17.4 Å². The van der Waals surface area contributed by atoms with Gasteiger partial charge in [0.15, 0.2) is 10.8 Å². The first-order chi connectivity index (χ1) is 13.8. The summed E-state index contributed by atoms with van der Waals surface area (Å²) in [4.78, 5) is 27.6. The number of aryl methyl sites for hydroxylation is 2. The number of thiazole rings is 1. The molecule has 11 heteroatoms. The number of amides is 1. The number of anilines is 1. The smallest absolute Gasteiger partial charge is 0.296 e. The quantitative estimate of drug-likeness (QED) is 0.397. The standard InChI is InChI=1S/C18H17N7O3S/c1-10-4-5-13-15(8-10)29-18(19-13)20-17(26)14-6-7-23(22-14)9-24-12(3)16(25(27)28)11(2)21-24/h4-8H,9H2,1-3H3,(H,19,20,26). The largest absolute Gasteiger partial charge is 0.312 e. The number of carbonyl (C=O) groups is 1. The average molecular weight is 411 g/mol. The molecule has 4 aromatic rings. The molecule has 1 N–H and O–H groups in total. The minimum absolute atomic E-state index is 0.0128. The minimum Gasteiger partial charge on any atom is -0.296 e. The van der Waals surface area contributed by atoms with E-state index in [1.807, 2.05) is 25.1 Å². The molecule has 4 rings (SSSR count). The van der Waals surface area contributed by atoms with Crippen molar-refractivity contribution in [2.45, 2.75) is 27.4 Å². The number of hydrogen-bond acceptors (Lipinski definition) is 7. The number of nitrogens with one attached hydrogen (secondary N) is 1. The van der Waals surface area contributed by atoms with Crippen molar-refractivity contribution in [1.82, 2.24) is 24.5 Å². The van der Waals surface area contributed by atoms with Crippen LogP contribution in [0.2, 0.25) is 0 Å². The van der Waals surface area contributed by atoms with Gasteiger partial charge in [0, 0.05) is 6.20 Å². The first kappa shape index (κ1) is 18.7. The molecule has 10 nitrogen and oxygen atoms in total. The van der Waals surface area contributed by atoms with E-state index < -0.39 is 4.92 Å². The lowest BCUT2D eigenvalue weighted by molar-refractivity contribution is -0.386. The molecule has 0 aliphatic rings. The summed E-state index contributed by atoms with van der Waals surface area (Å²) in [6.07, 6.45) is 1.62. The first-order valence-electron chi connectivity index (χ1n) is 8.72. The third-order valence-corrected chi connectivity index (χ3v) is 5.38. The Bertz CT molecular complexity index is 1250. The zero-order chi connectivity index (χ0) is 20.7. The Morgan fingerprint density at radius 1 is 1.24 bits per heavy atom. The second kappa shape index (κ2) is 7.09. The number of carbonyl (C=O) groups excluding carboxylic acids is 1. The summed E-state index contributed by atoms with van der Waals surface area (Å²) in [5.74, 6) is -0.376. The van der Waals surface area contributed by atoms with Gasteiger partial charge in [-0.3, -0.25) is 24.9 Å². The summed E-state index contributed by atoms with van der Waals surface area (Å²) in [6.45, 7) is 5.38. The molecule has 29 heavy (non-hydrogen) atoms. The molecule has 0 aliphatic carbocycles. The molecule has 0 spiro atoms. The highest BCUT2D eigenvalue weighted by atomic mass is 32.1. The number of fused-ring (bicyclic) bond motifs is 1. The van der Waals surface area contributed by atoms with Crippen molar-refractivity contribution < 1.29 is 9.72 Å². The van der Waals surface area contributed by atoms with Crippen molar-refractivity contribution in [2.75, 3.05) is 5.32 Å². The molecule has 0 fully saturated rings. The molecule has 1 aromatic carbocycles. The maximum absolute atomic E-state index is 12.5. The fraction of sp³-hybridized carbons (Fsp3) is 0.222. The monoisotopic (exact) mass is 411 g/mol. The molecule has 0 saturated carbocycles. The van der Waals surface area contributed by atoms with Crippen molar-refractivity contribution in [2.24, 2.45) is 0 Å². The van der Waals surface area contributed by atoms with Gasteiger partial charge in [-0.05, 0) is 44.5 Å². The lowest BCUT2D eigenvalue weighted by atomic mass is 10.2. The van der Waals surface area contributed by atoms with Crippen LogP contribution in [0, 0.1) is 30.9 Å². The summed E-state index contributed by atoms with van der Waals surface area (Å²) in [5.41, 5.74) is 2.93. The third-order valence-electron chi connectivity index (χ3n) is 4.44. The molecule has 0 saturated heterocycles. The van der Waals surface area contributed by atoms with Crippen LogP contribution in [0.3, 0.4) is 0 Å². The van der Waals surface area contributed by atoms with Gasteiger partial charge in [-0.25, -0.2) is 9.67 Å². The van der Waals surface area contributed by atoms with Gasteiger partial charge in [0.25, 0.3) is 5.91 Å². The topological polar surface area (TPSA) is 121 Å². The highest BCUT2D eigenvalue weighted by molar-refractivity contribution is 7.22. The predicted octanol–water partition coefficient (Wildman–Crippen LogP) is 3.28. The number of hydrogen-bond donors (Lipinski definition) is 1. The predicted molar refractivity (Wildman–Crippen MR) is 108 cm³/mol. The van der Waals surface area contributed by atoms with Gasteiger partial charge in [0.2, 0.25) is 0 Å². The molecule has 0 bridgehead atoms. The Hall–Kier alpha value is -3.60. The molecule has 0 atom stereocenters. The maximum Gasteiger partial charge on any atom is 0.312 e. The Balaban J connectivity index is 1.50. The zero-order valence-corrected chi connectivity index (χ0v) is 16.7. The van der Waals surface area contributed by atoms with Crippen molar-refractivity contribution in [3.05, 3.63) is 63.2 Å². The Labute approximate surface area is 168 Å². The SMILES string of the molecule is Cc1ccc2nc(NC(=O)c3ccn(Cn4nc(C)c([N+](=O)[O-])c4C)n3)sc2c1. The number of aromatic nitrogens is 5. The van der Waals surface area contributed by atoms with Gasteiger partial charge < -0.3 is 0 Å². The van der Waals surface area contributed by atoms with Crippen LogP contribution in [0.1, 0.15) is 27.4 Å². The van der Waals surface area contributed by atoms with Crippen LogP contribution in [0.25, 0.3) is 10.2 Å². The summed E-state index contributed by atoms with van der Waals surface area (Å²) < 4.78 is 3.98. The summed E-state index contributed by atoms with van der Waals surface area (Å²) in [5, 5.41) is 22.8. The number of nitro groups is 1. The fourth-order valence-corrected chi connectivity index (χ4v) is 3.99. The fourth-order valence-electron chi connectivity index (χ4n) is 3.03. The lowest BCUT2D eigenvalue weighted by Crippen LogP contribution is -2.15. The van der Waals surface area contributed by atoms with Gasteiger partial charge in [0.1, 0.15) is 18.1 Å². The molecular weight excluding hydrogens is 394 g/mol. The van der Waals surface area contributed by atoms with E-state index in [2.05, 4.69) is 20.5 Å². The Morgan fingerprint density at radius 2 is 2.03 bits per heavy atom. The molecule has 0 unspecified atom stereocenters. The second-order valence-corrected chi connectivity index (χ2v) is 7.63. The van der Waals surface area contributed by atoms with E-state index in [1.165, 1.54) is 20.7 Å². The minimum atomic E-state index is -0.449. The lowest BCUT2D eigenvalue weighted by Gasteiger charge is -2.03. The van der Waals surface area contributed by atoms with Gasteiger partial charge >= 0.3 is 5.69 Å². The van der Waals surface area contributed by atoms with Crippen LogP contribution < -0.4 is 5.32 Å². The first-order valence-corrected chi connectivity index (χ1v) is 9.54. The highest BCUT2D eigenvalue weighted by Gasteiger charge is 2.22. The van der Waals surface area contributed by atoms with E-state index in [0.29, 0.717) is 16.5 Å². The average Bonchev–Trinajstić information content (AvgIpc) is 3.33. The van der Waals surface area contributed by atoms with Crippen LogP contribution in [-0.4, -0.2) is 35.4 Å². The van der Waals surface area contributed by atoms with E-state index in [1.54, 1.807) is 26.1 Å². The zero-order valence-electron chi connectivity index (χ0n) is 15.9. The summed E-state index contributed by atoms with van der Waals surface area (Å²) in [7, 11) is 0. The van der Waals surface area contributed by atoms with Crippen LogP contribution in [-0.2, 0) is 6.67 Å². The molecule has 148 valence electrons. The van der Waals surface area contributed by atoms with E-state index in [9.17, 15) is 14.9 Å². The Kier molecular flexibility index (Phi) is 4.59. The van der Waals surface area contributed by atoms with Crippen LogP contribution in [0.15, 0.2) is 30.5 Å². The van der Waals surface area contributed by atoms with Crippen molar-refractivity contribution >= 4 is 38.3 Å². The van der Waals surface area contributed by atoms with Crippen molar-refractivity contribution in [3.63, 3.8) is 0 Å². The molecule has 1 amide bonds. The van der Waals surface area contributed by atoms with Gasteiger partial charge in [0.05, 0.1) is 15.1 Å². The summed E-state index contributed by atoms with van der Waals surface area (Å²) >= 11 is 1.40. The third kappa shape index (κ3) is 3.59. The number of benzene rings is 1. The Morgan fingerprint density at radius 3 is 2.76 bits per heavy atom. The normalized spacial score (nSPS) is 11.1. The van der Waals surface area contributed by atoms with E-state index in [0.717, 1.165) is 15.8 Å². The van der Waals surface area contributed by atoms with Crippen molar-refractivity contribution in [3.8, 4) is 0 Å². The maximum atomic E-state index is 12.5. The molecule has 3 heterocycles. The highest BCUT2D eigenvalue weighted by Crippen LogP contribution is 2.27. The van der Waals surface area contributed by atoms with E-state index >= 15 is 0 Å². The van der Waals surface area contributed by atoms with E-state index in [4.69, 9.17) is 0 Å². The second-order valence-electron chi connectivity index (χ2n) is 6.60. The molecule has 0 radical (unpaired) electrons. The van der Waals surface area contributed by atoms with Gasteiger partial charge in [-0.2, -0.15) is 10.2 Å². The number of rotatable bonds is 5. The van der Waals surface area contributed by atoms with Crippen molar-refractivity contribution in [1.29, 1.82) is 0 Å². The van der Waals surface area contributed by atoms with Crippen LogP contribution in [0.5, 0.6) is 0 Å². The molecule has 3 aromatic heterocycles. The molecule has 0 aliphatic heterocycles. The molecular formula is C18H17N7O3S. The summed E-state index contributed by atoms with van der Waals surface area (Å²) in [6, 6.07) is 7.48. The van der Waals surface area contributed by atoms with Gasteiger partial charge in [-0.15, -0.1) is 0 Å². The van der Waals surface area contributed by atoms with E-state index in [-0.39, 0.29) is 24.0 Å². The van der Waals surface area contributed by atoms with Crippen LogP contribution >= 0.6 is 11.3 Å². The number of nitrogens with zero attached hydrogens (tertiary/aromatic N) is 6.